The summed E-state index contributed by atoms with van der Waals surface area (Å²) in [5.74, 6) is -0.693. The minimum Gasteiger partial charge on any atom is -0.390 e. The van der Waals surface area contributed by atoms with Crippen LogP contribution in [0.2, 0.25) is 0 Å². The van der Waals surface area contributed by atoms with Gasteiger partial charge in [0.15, 0.2) is 12.1 Å². The van der Waals surface area contributed by atoms with Gasteiger partial charge in [-0.25, -0.2) is 0 Å². The molecule has 0 aromatic heterocycles. The van der Waals surface area contributed by atoms with Gasteiger partial charge in [0.25, 0.3) is 0 Å². The number of aliphatic hydroxyl groups is 1. The predicted molar refractivity (Wildman–Crippen MR) is 84.8 cm³/mol. The fraction of sp³-hybridized carbons (Fsp3) is 0.667. The van der Waals surface area contributed by atoms with Gasteiger partial charge in [0.05, 0.1) is 12.7 Å². The largest absolute Gasteiger partial charge is 0.390 e. The Morgan fingerprint density at radius 3 is 2.70 bits per heavy atom. The molecule has 2 aliphatic heterocycles. The van der Waals surface area contributed by atoms with Crippen LogP contribution in [0.25, 0.3) is 0 Å². The number of hydrogen-bond acceptors (Lipinski definition) is 5. The van der Waals surface area contributed by atoms with E-state index in [0.717, 1.165) is 5.56 Å². The molecule has 0 unspecified atom stereocenters. The summed E-state index contributed by atoms with van der Waals surface area (Å²) in [6.45, 7) is 8.16. The zero-order valence-corrected chi connectivity index (χ0v) is 14.2. The van der Waals surface area contributed by atoms with Crippen LogP contribution in [0, 0.1) is 6.92 Å². The molecule has 23 heavy (non-hydrogen) atoms. The van der Waals surface area contributed by atoms with Gasteiger partial charge in [-0.3, -0.25) is 0 Å². The smallest absolute Gasteiger partial charge is 0.190 e. The summed E-state index contributed by atoms with van der Waals surface area (Å²) in [5.41, 5.74) is 2.30. The van der Waals surface area contributed by atoms with E-state index in [1.807, 2.05) is 39.0 Å². The molecule has 5 heteroatoms. The molecular formula is C18H26O5. The molecule has 2 aliphatic rings. The van der Waals surface area contributed by atoms with Crippen molar-refractivity contribution >= 4 is 0 Å². The second kappa shape index (κ2) is 6.49. The SMILES string of the molecule is CC[C@@H](O)[C@H]1O[C@@H]2OC(C)(C)O[C@@H]2[C@H]1OCc1ccccc1C. The first-order valence-electron chi connectivity index (χ1n) is 8.26. The topological polar surface area (TPSA) is 57.2 Å². The van der Waals surface area contributed by atoms with Crippen LogP contribution in [0.4, 0.5) is 0 Å². The Hall–Kier alpha value is -0.980. The third kappa shape index (κ3) is 3.44. The van der Waals surface area contributed by atoms with Gasteiger partial charge >= 0.3 is 0 Å². The van der Waals surface area contributed by atoms with E-state index in [1.165, 1.54) is 5.56 Å². The van der Waals surface area contributed by atoms with E-state index in [-0.39, 0.29) is 12.2 Å². The average Bonchev–Trinajstić information content (AvgIpc) is 2.98. The average molecular weight is 322 g/mol. The zero-order chi connectivity index (χ0) is 16.6. The molecule has 128 valence electrons. The summed E-state index contributed by atoms with van der Waals surface area (Å²) in [6.07, 6.45) is -1.60. The van der Waals surface area contributed by atoms with Gasteiger partial charge < -0.3 is 24.1 Å². The lowest BCUT2D eigenvalue weighted by molar-refractivity contribution is -0.230. The molecule has 0 radical (unpaired) electrons. The summed E-state index contributed by atoms with van der Waals surface area (Å²) in [5, 5.41) is 10.2. The maximum Gasteiger partial charge on any atom is 0.190 e. The van der Waals surface area contributed by atoms with E-state index in [4.69, 9.17) is 18.9 Å². The number of benzene rings is 1. The summed E-state index contributed by atoms with van der Waals surface area (Å²) < 4.78 is 23.7. The molecule has 3 rings (SSSR count). The lowest BCUT2D eigenvalue weighted by Gasteiger charge is -2.28. The summed E-state index contributed by atoms with van der Waals surface area (Å²) in [7, 11) is 0. The minimum atomic E-state index is -0.693. The second-order valence-corrected chi connectivity index (χ2v) is 6.75. The molecule has 2 fully saturated rings. The van der Waals surface area contributed by atoms with Crippen molar-refractivity contribution in [3.05, 3.63) is 35.4 Å². The highest BCUT2D eigenvalue weighted by Gasteiger charge is 2.56. The number of ether oxygens (including phenoxy) is 4. The van der Waals surface area contributed by atoms with E-state index in [1.54, 1.807) is 0 Å². The van der Waals surface area contributed by atoms with Crippen LogP contribution in [0.15, 0.2) is 24.3 Å². The zero-order valence-electron chi connectivity index (χ0n) is 14.2. The predicted octanol–water partition coefficient (Wildman–Crippen LogP) is 2.53. The molecule has 5 nitrogen and oxygen atoms in total. The lowest BCUT2D eigenvalue weighted by Crippen LogP contribution is -2.42. The number of rotatable bonds is 5. The van der Waals surface area contributed by atoms with Crippen molar-refractivity contribution in [2.75, 3.05) is 0 Å². The van der Waals surface area contributed by atoms with Crippen molar-refractivity contribution in [3.63, 3.8) is 0 Å². The fourth-order valence-electron chi connectivity index (χ4n) is 3.19. The molecule has 0 bridgehead atoms. The summed E-state index contributed by atoms with van der Waals surface area (Å²) in [4.78, 5) is 0. The first-order valence-corrected chi connectivity index (χ1v) is 8.26. The maximum atomic E-state index is 10.2. The van der Waals surface area contributed by atoms with Crippen LogP contribution in [-0.4, -0.2) is 41.6 Å². The van der Waals surface area contributed by atoms with Crippen LogP contribution in [0.3, 0.4) is 0 Å². The van der Waals surface area contributed by atoms with Gasteiger partial charge in [-0.05, 0) is 38.3 Å². The van der Waals surface area contributed by atoms with Crippen LogP contribution in [0.1, 0.15) is 38.3 Å². The van der Waals surface area contributed by atoms with E-state index >= 15 is 0 Å². The van der Waals surface area contributed by atoms with Crippen molar-refractivity contribution in [2.24, 2.45) is 0 Å². The fourth-order valence-corrected chi connectivity index (χ4v) is 3.19. The van der Waals surface area contributed by atoms with E-state index in [2.05, 4.69) is 13.0 Å². The minimum absolute atomic E-state index is 0.319. The van der Waals surface area contributed by atoms with Crippen molar-refractivity contribution in [3.8, 4) is 0 Å². The Bertz CT molecular complexity index is 544. The summed E-state index contributed by atoms with van der Waals surface area (Å²) in [6, 6.07) is 8.11. The molecule has 5 atom stereocenters. The van der Waals surface area contributed by atoms with E-state index in [0.29, 0.717) is 13.0 Å². The number of fused-ring (bicyclic) bond motifs is 1. The van der Waals surface area contributed by atoms with Crippen LogP contribution < -0.4 is 0 Å². The van der Waals surface area contributed by atoms with E-state index < -0.39 is 24.3 Å². The monoisotopic (exact) mass is 322 g/mol. The standard InChI is InChI=1S/C18H26O5/c1-5-13(19)14-15(16-17(21-14)23-18(3,4)22-16)20-10-12-9-7-6-8-11(12)2/h6-9,13-17,19H,5,10H2,1-4H3/t13-,14-,15+,16-,17-/m1/s1. The molecule has 2 saturated heterocycles. The molecule has 0 saturated carbocycles. The van der Waals surface area contributed by atoms with Crippen molar-refractivity contribution in [2.45, 2.75) is 77.2 Å². The Labute approximate surface area is 137 Å². The number of hydrogen-bond donors (Lipinski definition) is 1. The number of aryl methyl sites for hydroxylation is 1. The molecule has 2 heterocycles. The molecule has 1 N–H and O–H groups in total. The molecule has 1 aromatic carbocycles. The lowest BCUT2D eigenvalue weighted by atomic mass is 10.0. The highest BCUT2D eigenvalue weighted by Crippen LogP contribution is 2.40. The summed E-state index contributed by atoms with van der Waals surface area (Å²) >= 11 is 0. The van der Waals surface area contributed by atoms with E-state index in [9.17, 15) is 5.11 Å². The molecule has 1 aromatic rings. The second-order valence-electron chi connectivity index (χ2n) is 6.75. The quantitative estimate of drug-likeness (QED) is 0.903. The van der Waals surface area contributed by atoms with Gasteiger partial charge in [-0.1, -0.05) is 31.2 Å². The Morgan fingerprint density at radius 2 is 2.00 bits per heavy atom. The first-order chi connectivity index (χ1) is 10.9. The highest BCUT2D eigenvalue weighted by molar-refractivity contribution is 5.24. The van der Waals surface area contributed by atoms with Crippen molar-refractivity contribution in [1.82, 2.24) is 0 Å². The van der Waals surface area contributed by atoms with Crippen molar-refractivity contribution < 1.29 is 24.1 Å². The van der Waals surface area contributed by atoms with Gasteiger partial charge in [-0.2, -0.15) is 0 Å². The Kier molecular flexibility index (Phi) is 4.76. The first kappa shape index (κ1) is 16.9. The van der Waals surface area contributed by atoms with Crippen LogP contribution in [0.5, 0.6) is 0 Å². The van der Waals surface area contributed by atoms with Gasteiger partial charge in [0, 0.05) is 0 Å². The third-order valence-electron chi connectivity index (χ3n) is 4.52. The number of aliphatic hydroxyl groups excluding tert-OH is 1. The van der Waals surface area contributed by atoms with Gasteiger partial charge in [0.2, 0.25) is 0 Å². The Morgan fingerprint density at radius 1 is 1.26 bits per heavy atom. The highest BCUT2D eigenvalue weighted by atomic mass is 16.8. The molecule has 0 spiro atoms. The molecule has 0 aliphatic carbocycles. The molecule has 0 amide bonds. The van der Waals surface area contributed by atoms with Gasteiger partial charge in [0.1, 0.15) is 18.3 Å². The van der Waals surface area contributed by atoms with Crippen molar-refractivity contribution in [1.29, 1.82) is 0 Å². The van der Waals surface area contributed by atoms with Gasteiger partial charge in [-0.15, -0.1) is 0 Å². The van der Waals surface area contributed by atoms with Crippen LogP contribution >= 0.6 is 0 Å². The Balaban J connectivity index is 1.74. The third-order valence-corrected chi connectivity index (χ3v) is 4.52. The maximum absolute atomic E-state index is 10.2. The molecular weight excluding hydrogens is 296 g/mol. The van der Waals surface area contributed by atoms with Crippen LogP contribution in [-0.2, 0) is 25.6 Å². The normalized spacial score (nSPS) is 33.6.